The van der Waals surface area contributed by atoms with Crippen LogP contribution in [0.1, 0.15) is 25.8 Å². The van der Waals surface area contributed by atoms with Crippen molar-refractivity contribution in [2.24, 2.45) is 0 Å². The SMILES string of the molecule is CC[C@@H](C)NC(=O)Cn1cnc2c(cnn2-c2cccc(C(F)(F)F)c2)c1=O. The summed E-state index contributed by atoms with van der Waals surface area (Å²) in [5.41, 5.74) is -1.09. The fraction of sp³-hybridized carbons (Fsp3) is 0.333. The smallest absolute Gasteiger partial charge is 0.352 e. The van der Waals surface area contributed by atoms with E-state index in [-0.39, 0.29) is 35.2 Å². The van der Waals surface area contributed by atoms with E-state index in [0.29, 0.717) is 0 Å². The molecule has 7 nitrogen and oxygen atoms in total. The lowest BCUT2D eigenvalue weighted by Crippen LogP contribution is -2.37. The van der Waals surface area contributed by atoms with Crippen LogP contribution < -0.4 is 10.9 Å². The molecule has 2 heterocycles. The minimum Gasteiger partial charge on any atom is -0.352 e. The van der Waals surface area contributed by atoms with E-state index < -0.39 is 17.3 Å². The fourth-order valence-corrected chi connectivity index (χ4v) is 2.64. The molecule has 1 aromatic carbocycles. The van der Waals surface area contributed by atoms with E-state index in [4.69, 9.17) is 0 Å². The summed E-state index contributed by atoms with van der Waals surface area (Å²) in [6.07, 6.45) is -1.33. The Morgan fingerprint density at radius 2 is 2.07 bits per heavy atom. The molecule has 0 saturated heterocycles. The second-order valence-electron chi connectivity index (χ2n) is 6.40. The summed E-state index contributed by atoms with van der Waals surface area (Å²) in [4.78, 5) is 28.7. The van der Waals surface area contributed by atoms with Gasteiger partial charge in [0.2, 0.25) is 5.91 Å². The molecule has 148 valence electrons. The molecular weight excluding hydrogens is 375 g/mol. The number of aromatic nitrogens is 4. The molecule has 3 aromatic rings. The molecule has 28 heavy (non-hydrogen) atoms. The summed E-state index contributed by atoms with van der Waals surface area (Å²) in [5, 5.41) is 6.86. The highest BCUT2D eigenvalue weighted by atomic mass is 19.4. The van der Waals surface area contributed by atoms with Gasteiger partial charge in [0.05, 0.1) is 17.4 Å². The fourth-order valence-electron chi connectivity index (χ4n) is 2.64. The molecule has 2 aromatic heterocycles. The van der Waals surface area contributed by atoms with E-state index in [1.807, 2.05) is 13.8 Å². The molecule has 0 unspecified atom stereocenters. The Balaban J connectivity index is 1.96. The lowest BCUT2D eigenvalue weighted by atomic mass is 10.2. The molecule has 0 aliphatic carbocycles. The highest BCUT2D eigenvalue weighted by Crippen LogP contribution is 2.30. The molecule has 0 aliphatic rings. The molecule has 0 aliphatic heterocycles. The van der Waals surface area contributed by atoms with Gasteiger partial charge in [-0.15, -0.1) is 0 Å². The van der Waals surface area contributed by atoms with Crippen molar-refractivity contribution in [3.8, 4) is 5.69 Å². The Morgan fingerprint density at radius 3 is 2.75 bits per heavy atom. The lowest BCUT2D eigenvalue weighted by molar-refractivity contribution is -0.137. The van der Waals surface area contributed by atoms with E-state index in [1.54, 1.807) is 0 Å². The number of hydrogen-bond donors (Lipinski definition) is 1. The zero-order valence-corrected chi connectivity index (χ0v) is 15.2. The molecule has 0 bridgehead atoms. The van der Waals surface area contributed by atoms with E-state index in [0.717, 1.165) is 27.8 Å². The number of alkyl halides is 3. The van der Waals surface area contributed by atoms with Crippen LogP contribution in [0.4, 0.5) is 13.2 Å². The second-order valence-corrected chi connectivity index (χ2v) is 6.40. The van der Waals surface area contributed by atoms with Crippen molar-refractivity contribution in [1.29, 1.82) is 0 Å². The summed E-state index contributed by atoms with van der Waals surface area (Å²) in [6, 6.07) is 4.55. The maximum atomic E-state index is 12.9. The number of halogens is 3. The molecule has 10 heteroatoms. The minimum atomic E-state index is -4.50. The highest BCUT2D eigenvalue weighted by Gasteiger charge is 2.30. The van der Waals surface area contributed by atoms with Gasteiger partial charge in [0, 0.05) is 6.04 Å². The quantitative estimate of drug-likeness (QED) is 0.722. The molecule has 1 N–H and O–H groups in total. The second kappa shape index (κ2) is 7.45. The van der Waals surface area contributed by atoms with Gasteiger partial charge in [-0.25, -0.2) is 9.67 Å². The number of nitrogens with zero attached hydrogens (tertiary/aromatic N) is 4. The molecule has 0 radical (unpaired) electrons. The van der Waals surface area contributed by atoms with Crippen LogP contribution in [0.25, 0.3) is 16.7 Å². The van der Waals surface area contributed by atoms with Gasteiger partial charge in [-0.3, -0.25) is 14.2 Å². The van der Waals surface area contributed by atoms with Crippen molar-refractivity contribution in [1.82, 2.24) is 24.6 Å². The zero-order valence-electron chi connectivity index (χ0n) is 15.2. The summed E-state index contributed by atoms with van der Waals surface area (Å²) in [7, 11) is 0. The van der Waals surface area contributed by atoms with Crippen LogP contribution in [-0.4, -0.2) is 31.3 Å². The van der Waals surface area contributed by atoms with Gasteiger partial charge in [-0.05, 0) is 31.5 Å². The number of carbonyl (C=O) groups is 1. The standard InChI is InChI=1S/C18H18F3N5O2/c1-3-11(2)24-15(27)9-25-10-22-16-14(17(25)28)8-23-26(16)13-6-4-5-12(7-13)18(19,20)21/h4-8,10-11H,3,9H2,1-2H3,(H,24,27)/t11-/m1/s1. The van der Waals surface area contributed by atoms with E-state index >= 15 is 0 Å². The van der Waals surface area contributed by atoms with Crippen molar-refractivity contribution in [2.75, 3.05) is 0 Å². The average Bonchev–Trinajstić information content (AvgIpc) is 3.08. The normalized spacial score (nSPS) is 12.9. The maximum absolute atomic E-state index is 12.9. The first-order valence-corrected chi connectivity index (χ1v) is 8.61. The first-order valence-electron chi connectivity index (χ1n) is 8.61. The zero-order chi connectivity index (χ0) is 20.5. The van der Waals surface area contributed by atoms with Gasteiger partial charge in [0.25, 0.3) is 5.56 Å². The van der Waals surface area contributed by atoms with Gasteiger partial charge < -0.3 is 5.32 Å². The third-order valence-corrected chi connectivity index (χ3v) is 4.31. The number of carbonyl (C=O) groups excluding carboxylic acids is 1. The van der Waals surface area contributed by atoms with Gasteiger partial charge in [0.1, 0.15) is 18.3 Å². The van der Waals surface area contributed by atoms with Crippen LogP contribution in [0.3, 0.4) is 0 Å². The topological polar surface area (TPSA) is 81.8 Å². The van der Waals surface area contributed by atoms with Crippen LogP contribution in [0.15, 0.2) is 41.6 Å². The monoisotopic (exact) mass is 393 g/mol. The van der Waals surface area contributed by atoms with Crippen molar-refractivity contribution in [3.05, 3.63) is 52.7 Å². The third-order valence-electron chi connectivity index (χ3n) is 4.31. The molecular formula is C18H18F3N5O2. The van der Waals surface area contributed by atoms with E-state index in [1.165, 1.54) is 24.7 Å². The minimum absolute atomic E-state index is 0.0245. The van der Waals surface area contributed by atoms with Gasteiger partial charge >= 0.3 is 6.18 Å². The molecule has 0 fully saturated rings. The Kier molecular flexibility index (Phi) is 5.21. The predicted octanol–water partition coefficient (Wildman–Crippen LogP) is 2.52. The Bertz CT molecular complexity index is 1070. The Hall–Kier alpha value is -3.17. The number of amides is 1. The molecule has 0 spiro atoms. The number of nitrogens with one attached hydrogen (secondary N) is 1. The number of rotatable bonds is 5. The average molecular weight is 393 g/mol. The van der Waals surface area contributed by atoms with Crippen molar-refractivity contribution < 1.29 is 18.0 Å². The molecule has 1 amide bonds. The first kappa shape index (κ1) is 19.6. The summed E-state index contributed by atoms with van der Waals surface area (Å²) >= 11 is 0. The van der Waals surface area contributed by atoms with Crippen molar-refractivity contribution in [3.63, 3.8) is 0 Å². The Morgan fingerprint density at radius 1 is 1.32 bits per heavy atom. The van der Waals surface area contributed by atoms with Crippen LogP contribution in [0.2, 0.25) is 0 Å². The molecule has 1 atom stereocenters. The van der Waals surface area contributed by atoms with Crippen LogP contribution in [0.5, 0.6) is 0 Å². The molecule has 3 rings (SSSR count). The van der Waals surface area contributed by atoms with Crippen molar-refractivity contribution in [2.45, 2.75) is 39.0 Å². The highest BCUT2D eigenvalue weighted by molar-refractivity contribution is 5.78. The van der Waals surface area contributed by atoms with Gasteiger partial charge in [-0.2, -0.15) is 18.3 Å². The van der Waals surface area contributed by atoms with Crippen LogP contribution in [0, 0.1) is 0 Å². The lowest BCUT2D eigenvalue weighted by Gasteiger charge is -2.12. The molecule has 0 saturated carbocycles. The largest absolute Gasteiger partial charge is 0.416 e. The van der Waals surface area contributed by atoms with Gasteiger partial charge in [0.15, 0.2) is 5.65 Å². The predicted molar refractivity (Wildman–Crippen MR) is 96.0 cm³/mol. The third kappa shape index (κ3) is 3.90. The van der Waals surface area contributed by atoms with E-state index in [2.05, 4.69) is 15.4 Å². The maximum Gasteiger partial charge on any atom is 0.416 e. The Labute approximate surface area is 157 Å². The van der Waals surface area contributed by atoms with Crippen LogP contribution >= 0.6 is 0 Å². The van der Waals surface area contributed by atoms with Crippen LogP contribution in [-0.2, 0) is 17.5 Å². The first-order chi connectivity index (χ1) is 13.2. The number of fused-ring (bicyclic) bond motifs is 1. The van der Waals surface area contributed by atoms with Gasteiger partial charge in [-0.1, -0.05) is 13.0 Å². The summed E-state index contributed by atoms with van der Waals surface area (Å²) in [5.74, 6) is -0.331. The summed E-state index contributed by atoms with van der Waals surface area (Å²) < 4.78 is 41.1. The number of hydrogen-bond acceptors (Lipinski definition) is 4. The summed E-state index contributed by atoms with van der Waals surface area (Å²) in [6.45, 7) is 3.56. The van der Waals surface area contributed by atoms with E-state index in [9.17, 15) is 22.8 Å². The number of benzene rings is 1. The van der Waals surface area contributed by atoms with Crippen molar-refractivity contribution >= 4 is 16.9 Å².